The van der Waals surface area contributed by atoms with E-state index in [9.17, 15) is 9.59 Å². The van der Waals surface area contributed by atoms with Crippen molar-refractivity contribution in [3.8, 4) is 5.75 Å². The first-order valence-electron chi connectivity index (χ1n) is 11.5. The van der Waals surface area contributed by atoms with Gasteiger partial charge in [-0.05, 0) is 53.6 Å². The number of benzene rings is 4. The third-order valence-corrected chi connectivity index (χ3v) is 6.55. The van der Waals surface area contributed by atoms with Crippen LogP contribution in [0.4, 0.5) is 5.69 Å². The minimum absolute atomic E-state index is 0.0491. The SMILES string of the molecule is O=C1c2oc3ccc(Cl)cc3c(=O)c2C(c2ccc(OCc3ccccc3)cc2)N1c1ccccc1. The van der Waals surface area contributed by atoms with Gasteiger partial charge in [0.1, 0.15) is 17.9 Å². The highest BCUT2D eigenvalue weighted by Gasteiger charge is 2.43. The Bertz CT molecular complexity index is 1630. The summed E-state index contributed by atoms with van der Waals surface area (Å²) in [5.74, 6) is 0.378. The first-order chi connectivity index (χ1) is 17.6. The Labute approximate surface area is 212 Å². The third-order valence-electron chi connectivity index (χ3n) is 6.31. The lowest BCUT2D eigenvalue weighted by Gasteiger charge is -2.25. The van der Waals surface area contributed by atoms with Crippen molar-refractivity contribution >= 4 is 34.2 Å². The summed E-state index contributed by atoms with van der Waals surface area (Å²) in [6, 6.07) is 30.8. The minimum Gasteiger partial charge on any atom is -0.489 e. The summed E-state index contributed by atoms with van der Waals surface area (Å²) in [6.07, 6.45) is 0. The van der Waals surface area contributed by atoms with E-state index in [4.69, 9.17) is 20.8 Å². The van der Waals surface area contributed by atoms with Crippen LogP contribution in [0.5, 0.6) is 5.75 Å². The smallest absolute Gasteiger partial charge is 0.295 e. The Kier molecular flexibility index (Phi) is 5.55. The zero-order chi connectivity index (χ0) is 24.6. The second kappa shape index (κ2) is 9.02. The molecule has 36 heavy (non-hydrogen) atoms. The second-order valence-corrected chi connectivity index (χ2v) is 9.01. The molecule has 1 unspecified atom stereocenters. The molecule has 1 atom stereocenters. The van der Waals surface area contributed by atoms with Crippen molar-refractivity contribution in [2.24, 2.45) is 0 Å². The first kappa shape index (κ1) is 22.1. The van der Waals surface area contributed by atoms with Crippen molar-refractivity contribution in [2.45, 2.75) is 12.6 Å². The highest BCUT2D eigenvalue weighted by Crippen LogP contribution is 2.41. The Balaban J connectivity index is 1.44. The monoisotopic (exact) mass is 493 g/mol. The molecule has 1 aliphatic rings. The van der Waals surface area contributed by atoms with Gasteiger partial charge < -0.3 is 9.15 Å². The maximum Gasteiger partial charge on any atom is 0.295 e. The lowest BCUT2D eigenvalue weighted by molar-refractivity contribution is 0.0971. The van der Waals surface area contributed by atoms with Gasteiger partial charge >= 0.3 is 0 Å². The molecule has 0 saturated carbocycles. The van der Waals surface area contributed by atoms with Crippen LogP contribution in [-0.2, 0) is 6.61 Å². The molecule has 6 heteroatoms. The van der Waals surface area contributed by atoms with Crippen LogP contribution in [0.1, 0.15) is 33.3 Å². The topological polar surface area (TPSA) is 59.8 Å². The fraction of sp³-hybridized carbons (Fsp3) is 0.0667. The van der Waals surface area contributed by atoms with E-state index in [1.807, 2.05) is 84.9 Å². The first-order valence-corrected chi connectivity index (χ1v) is 11.9. The summed E-state index contributed by atoms with van der Waals surface area (Å²) in [5.41, 5.74) is 2.87. The minimum atomic E-state index is -0.655. The van der Waals surface area contributed by atoms with Gasteiger partial charge in [0.15, 0.2) is 5.43 Å². The Morgan fingerprint density at radius 2 is 1.53 bits per heavy atom. The summed E-state index contributed by atoms with van der Waals surface area (Å²) in [4.78, 5) is 28.9. The molecule has 0 N–H and O–H groups in total. The lowest BCUT2D eigenvalue weighted by Crippen LogP contribution is -2.29. The normalized spacial score (nSPS) is 14.8. The largest absolute Gasteiger partial charge is 0.489 e. The van der Waals surface area contributed by atoms with Gasteiger partial charge in [0.05, 0.1) is 17.0 Å². The molecule has 5 aromatic rings. The van der Waals surface area contributed by atoms with Crippen LogP contribution in [0, 0.1) is 0 Å². The number of carbonyl (C=O) groups is 1. The van der Waals surface area contributed by atoms with Crippen LogP contribution in [-0.4, -0.2) is 5.91 Å². The molecule has 1 aliphatic heterocycles. The predicted octanol–water partition coefficient (Wildman–Crippen LogP) is 6.78. The molecular formula is C30H20ClNO4. The molecule has 1 aromatic heterocycles. The fourth-order valence-electron chi connectivity index (χ4n) is 4.60. The van der Waals surface area contributed by atoms with E-state index < -0.39 is 6.04 Å². The average Bonchev–Trinajstić information content (AvgIpc) is 3.21. The van der Waals surface area contributed by atoms with Crippen molar-refractivity contribution in [2.75, 3.05) is 4.90 Å². The summed E-state index contributed by atoms with van der Waals surface area (Å²) in [7, 11) is 0. The molecule has 4 aromatic carbocycles. The van der Waals surface area contributed by atoms with Crippen molar-refractivity contribution in [1.29, 1.82) is 0 Å². The molecule has 0 spiro atoms. The van der Waals surface area contributed by atoms with Gasteiger partial charge in [-0.3, -0.25) is 14.5 Å². The van der Waals surface area contributed by atoms with Gasteiger partial charge in [-0.25, -0.2) is 0 Å². The van der Waals surface area contributed by atoms with E-state index in [0.717, 1.165) is 11.1 Å². The number of nitrogens with zero attached hydrogens (tertiary/aromatic N) is 1. The zero-order valence-corrected chi connectivity index (χ0v) is 19.8. The van der Waals surface area contributed by atoms with Gasteiger partial charge in [-0.15, -0.1) is 0 Å². The molecule has 0 aliphatic carbocycles. The number of carbonyl (C=O) groups excluding carboxylic acids is 1. The fourth-order valence-corrected chi connectivity index (χ4v) is 4.77. The predicted molar refractivity (Wildman–Crippen MR) is 140 cm³/mol. The highest BCUT2D eigenvalue weighted by molar-refractivity contribution is 6.31. The maximum absolute atomic E-state index is 13.7. The van der Waals surface area contributed by atoms with Crippen molar-refractivity contribution in [1.82, 2.24) is 0 Å². The Hall–Kier alpha value is -4.35. The molecule has 2 heterocycles. The standard InChI is InChI=1S/C30H20ClNO4/c31-21-13-16-25-24(17-21)28(33)26-27(32(30(34)29(26)36-25)22-9-5-2-6-10-22)20-11-14-23(15-12-20)35-18-19-7-3-1-4-8-19/h1-17,27H,18H2. The van der Waals surface area contributed by atoms with E-state index in [-0.39, 0.29) is 17.1 Å². The Morgan fingerprint density at radius 3 is 2.25 bits per heavy atom. The molecule has 0 bridgehead atoms. The number of hydrogen-bond acceptors (Lipinski definition) is 4. The number of halogens is 1. The molecule has 6 rings (SSSR count). The van der Waals surface area contributed by atoms with Crippen LogP contribution < -0.4 is 15.1 Å². The number of amides is 1. The number of ether oxygens (including phenoxy) is 1. The van der Waals surface area contributed by atoms with Gasteiger partial charge in [0.2, 0.25) is 5.76 Å². The summed E-state index contributed by atoms with van der Waals surface area (Å²) >= 11 is 6.17. The summed E-state index contributed by atoms with van der Waals surface area (Å²) in [5, 5.41) is 0.771. The number of hydrogen-bond donors (Lipinski definition) is 0. The average molecular weight is 494 g/mol. The van der Waals surface area contributed by atoms with Crippen LogP contribution in [0.2, 0.25) is 5.02 Å². The van der Waals surface area contributed by atoms with Gasteiger partial charge in [-0.2, -0.15) is 0 Å². The highest BCUT2D eigenvalue weighted by atomic mass is 35.5. The number of rotatable bonds is 5. The van der Waals surface area contributed by atoms with Gasteiger partial charge in [0, 0.05) is 10.7 Å². The van der Waals surface area contributed by atoms with E-state index in [1.54, 1.807) is 23.1 Å². The van der Waals surface area contributed by atoms with Crippen LogP contribution in [0.25, 0.3) is 11.0 Å². The number of anilines is 1. The van der Waals surface area contributed by atoms with Crippen molar-refractivity contribution in [3.05, 3.63) is 141 Å². The van der Waals surface area contributed by atoms with Crippen LogP contribution >= 0.6 is 11.6 Å². The van der Waals surface area contributed by atoms with Crippen molar-refractivity contribution < 1.29 is 13.9 Å². The molecular weight excluding hydrogens is 474 g/mol. The lowest BCUT2D eigenvalue weighted by atomic mass is 9.98. The molecule has 5 nitrogen and oxygen atoms in total. The van der Waals surface area contributed by atoms with Crippen LogP contribution in [0.3, 0.4) is 0 Å². The summed E-state index contributed by atoms with van der Waals surface area (Å²) in [6.45, 7) is 0.442. The number of fused-ring (bicyclic) bond motifs is 2. The van der Waals surface area contributed by atoms with Crippen molar-refractivity contribution in [3.63, 3.8) is 0 Å². The van der Waals surface area contributed by atoms with E-state index in [2.05, 4.69) is 0 Å². The summed E-state index contributed by atoms with van der Waals surface area (Å²) < 4.78 is 11.9. The van der Waals surface area contributed by atoms with E-state index >= 15 is 0 Å². The molecule has 0 radical (unpaired) electrons. The molecule has 1 amide bonds. The second-order valence-electron chi connectivity index (χ2n) is 8.57. The van der Waals surface area contributed by atoms with Crippen LogP contribution in [0.15, 0.2) is 112 Å². The molecule has 0 fully saturated rings. The zero-order valence-electron chi connectivity index (χ0n) is 19.1. The van der Waals surface area contributed by atoms with Gasteiger partial charge in [0.25, 0.3) is 5.91 Å². The van der Waals surface area contributed by atoms with E-state index in [1.165, 1.54) is 0 Å². The van der Waals surface area contributed by atoms with Gasteiger partial charge in [-0.1, -0.05) is 72.3 Å². The quantitative estimate of drug-likeness (QED) is 0.271. The third kappa shape index (κ3) is 3.84. The molecule has 176 valence electrons. The Morgan fingerprint density at radius 1 is 0.833 bits per heavy atom. The van der Waals surface area contributed by atoms with E-state index in [0.29, 0.717) is 39.6 Å². The molecule has 0 saturated heterocycles. The maximum atomic E-state index is 13.7. The number of para-hydroxylation sites is 1.